The van der Waals surface area contributed by atoms with Gasteiger partial charge in [-0.05, 0) is 47.9 Å². The maximum absolute atomic E-state index is 3.62. The molecule has 0 bridgehead atoms. The Morgan fingerprint density at radius 3 is 3.06 bits per heavy atom. The predicted octanol–water partition coefficient (Wildman–Crippen LogP) is 3.69. The minimum Gasteiger partial charge on any atom is -0.361 e. The lowest BCUT2D eigenvalue weighted by Gasteiger charge is -2.15. The summed E-state index contributed by atoms with van der Waals surface area (Å²) < 4.78 is 0. The standard InChI is InChI=1S/C16H22N2/c1-12-3-2-4-15(12)11-17-10-13-5-6-14-7-8-18-16(14)9-13/h5-9,12,15,17-18H,2-4,10-11H2,1H3. The van der Waals surface area contributed by atoms with Crippen LogP contribution >= 0.6 is 0 Å². The van der Waals surface area contributed by atoms with Crippen molar-refractivity contribution in [1.29, 1.82) is 0 Å². The van der Waals surface area contributed by atoms with E-state index in [4.69, 9.17) is 0 Å². The molecule has 1 heterocycles. The molecule has 1 aromatic heterocycles. The zero-order chi connectivity index (χ0) is 12.4. The van der Waals surface area contributed by atoms with Crippen LogP contribution < -0.4 is 5.32 Å². The summed E-state index contributed by atoms with van der Waals surface area (Å²) in [6.45, 7) is 4.55. The van der Waals surface area contributed by atoms with Gasteiger partial charge in [-0.15, -0.1) is 0 Å². The molecule has 2 unspecified atom stereocenters. The van der Waals surface area contributed by atoms with E-state index in [1.807, 2.05) is 6.20 Å². The highest BCUT2D eigenvalue weighted by atomic mass is 14.9. The Kier molecular flexibility index (Phi) is 3.37. The Labute approximate surface area is 109 Å². The van der Waals surface area contributed by atoms with E-state index in [-0.39, 0.29) is 0 Å². The molecule has 3 rings (SSSR count). The molecule has 1 fully saturated rings. The van der Waals surface area contributed by atoms with E-state index in [1.54, 1.807) is 0 Å². The fraction of sp³-hybridized carbons (Fsp3) is 0.500. The molecule has 2 heteroatoms. The fourth-order valence-electron chi connectivity index (χ4n) is 3.13. The number of benzene rings is 1. The smallest absolute Gasteiger partial charge is 0.0457 e. The lowest BCUT2D eigenvalue weighted by atomic mass is 9.98. The third-order valence-corrected chi connectivity index (χ3v) is 4.39. The third-order valence-electron chi connectivity index (χ3n) is 4.39. The molecule has 2 aromatic rings. The van der Waals surface area contributed by atoms with Gasteiger partial charge in [0, 0.05) is 18.3 Å². The Morgan fingerprint density at radius 1 is 1.28 bits per heavy atom. The second kappa shape index (κ2) is 5.15. The van der Waals surface area contributed by atoms with Crippen LogP contribution in [-0.2, 0) is 6.54 Å². The highest BCUT2D eigenvalue weighted by Crippen LogP contribution is 2.30. The highest BCUT2D eigenvalue weighted by molar-refractivity contribution is 5.79. The van der Waals surface area contributed by atoms with Crippen molar-refractivity contribution in [3.8, 4) is 0 Å². The largest absolute Gasteiger partial charge is 0.361 e. The third kappa shape index (κ3) is 2.44. The van der Waals surface area contributed by atoms with Gasteiger partial charge in [0.2, 0.25) is 0 Å². The number of aromatic nitrogens is 1. The zero-order valence-electron chi connectivity index (χ0n) is 11.1. The Morgan fingerprint density at radius 2 is 2.22 bits per heavy atom. The molecule has 0 aliphatic heterocycles. The van der Waals surface area contributed by atoms with Gasteiger partial charge < -0.3 is 10.3 Å². The summed E-state index contributed by atoms with van der Waals surface area (Å²) in [4.78, 5) is 3.27. The Bertz CT molecular complexity index is 515. The van der Waals surface area contributed by atoms with Gasteiger partial charge in [0.1, 0.15) is 0 Å². The van der Waals surface area contributed by atoms with E-state index >= 15 is 0 Å². The van der Waals surface area contributed by atoms with Gasteiger partial charge in [-0.25, -0.2) is 0 Å². The number of hydrogen-bond acceptors (Lipinski definition) is 1. The van der Waals surface area contributed by atoms with Crippen molar-refractivity contribution in [2.24, 2.45) is 11.8 Å². The number of rotatable bonds is 4. The van der Waals surface area contributed by atoms with Crippen LogP contribution in [0.4, 0.5) is 0 Å². The summed E-state index contributed by atoms with van der Waals surface area (Å²) in [5.74, 6) is 1.79. The first kappa shape index (κ1) is 11.8. The topological polar surface area (TPSA) is 27.8 Å². The molecular formula is C16H22N2. The van der Waals surface area contributed by atoms with Gasteiger partial charge in [-0.1, -0.05) is 31.9 Å². The van der Waals surface area contributed by atoms with Gasteiger partial charge in [0.25, 0.3) is 0 Å². The second-order valence-electron chi connectivity index (χ2n) is 5.70. The highest BCUT2D eigenvalue weighted by Gasteiger charge is 2.22. The Hall–Kier alpha value is -1.28. The van der Waals surface area contributed by atoms with Crippen LogP contribution in [0.25, 0.3) is 10.9 Å². The van der Waals surface area contributed by atoms with Crippen LogP contribution in [-0.4, -0.2) is 11.5 Å². The molecule has 0 radical (unpaired) electrons. The van der Waals surface area contributed by atoms with E-state index in [9.17, 15) is 0 Å². The van der Waals surface area contributed by atoms with Gasteiger partial charge in [0.05, 0.1) is 0 Å². The summed E-state index contributed by atoms with van der Waals surface area (Å²) in [6, 6.07) is 8.79. The molecular weight excluding hydrogens is 220 g/mol. The molecule has 0 amide bonds. The molecule has 1 saturated carbocycles. The van der Waals surface area contributed by atoms with Crippen molar-refractivity contribution in [2.45, 2.75) is 32.7 Å². The van der Waals surface area contributed by atoms with Crippen LogP contribution in [0, 0.1) is 11.8 Å². The van der Waals surface area contributed by atoms with Crippen LogP contribution in [0.2, 0.25) is 0 Å². The summed E-state index contributed by atoms with van der Waals surface area (Å²) in [6.07, 6.45) is 6.24. The van der Waals surface area contributed by atoms with Gasteiger partial charge in [-0.3, -0.25) is 0 Å². The van der Waals surface area contributed by atoms with Crippen LogP contribution in [0.15, 0.2) is 30.5 Å². The molecule has 0 spiro atoms. The van der Waals surface area contributed by atoms with Crippen molar-refractivity contribution in [2.75, 3.05) is 6.54 Å². The maximum atomic E-state index is 3.62. The quantitative estimate of drug-likeness (QED) is 0.840. The van der Waals surface area contributed by atoms with Crippen molar-refractivity contribution < 1.29 is 0 Å². The van der Waals surface area contributed by atoms with E-state index in [1.165, 1.54) is 42.3 Å². The predicted molar refractivity (Wildman–Crippen MR) is 76.5 cm³/mol. The normalized spacial score (nSPS) is 23.8. The molecule has 0 saturated heterocycles. The minimum atomic E-state index is 0.888. The lowest BCUT2D eigenvalue weighted by Crippen LogP contribution is -2.23. The van der Waals surface area contributed by atoms with E-state index in [0.29, 0.717) is 0 Å². The summed E-state index contributed by atoms with van der Waals surface area (Å²) in [5.41, 5.74) is 2.61. The number of aromatic amines is 1. The SMILES string of the molecule is CC1CCCC1CNCc1ccc2cc[nH]c2c1. The van der Waals surface area contributed by atoms with Crippen molar-refractivity contribution >= 4 is 10.9 Å². The van der Waals surface area contributed by atoms with E-state index < -0.39 is 0 Å². The molecule has 96 valence electrons. The first-order valence-electron chi connectivity index (χ1n) is 7.09. The van der Waals surface area contributed by atoms with Crippen molar-refractivity contribution in [3.05, 3.63) is 36.0 Å². The number of fused-ring (bicyclic) bond motifs is 1. The second-order valence-corrected chi connectivity index (χ2v) is 5.70. The minimum absolute atomic E-state index is 0.888. The number of H-pyrrole nitrogens is 1. The fourth-order valence-corrected chi connectivity index (χ4v) is 3.13. The van der Waals surface area contributed by atoms with Gasteiger partial charge in [0.15, 0.2) is 0 Å². The number of hydrogen-bond donors (Lipinski definition) is 2. The summed E-state index contributed by atoms with van der Waals surface area (Å²) in [5, 5.41) is 4.91. The van der Waals surface area contributed by atoms with E-state index in [0.717, 1.165) is 18.4 Å². The van der Waals surface area contributed by atoms with E-state index in [2.05, 4.69) is 41.5 Å². The van der Waals surface area contributed by atoms with Crippen molar-refractivity contribution in [3.63, 3.8) is 0 Å². The summed E-state index contributed by atoms with van der Waals surface area (Å²) >= 11 is 0. The van der Waals surface area contributed by atoms with Gasteiger partial charge in [-0.2, -0.15) is 0 Å². The number of nitrogens with one attached hydrogen (secondary N) is 2. The summed E-state index contributed by atoms with van der Waals surface area (Å²) in [7, 11) is 0. The van der Waals surface area contributed by atoms with Crippen LogP contribution in [0.3, 0.4) is 0 Å². The van der Waals surface area contributed by atoms with Crippen LogP contribution in [0.1, 0.15) is 31.7 Å². The first-order valence-corrected chi connectivity index (χ1v) is 7.09. The molecule has 1 aromatic carbocycles. The maximum Gasteiger partial charge on any atom is 0.0457 e. The average molecular weight is 242 g/mol. The first-order chi connectivity index (χ1) is 8.83. The Balaban J connectivity index is 1.56. The van der Waals surface area contributed by atoms with Crippen LogP contribution in [0.5, 0.6) is 0 Å². The molecule has 18 heavy (non-hydrogen) atoms. The zero-order valence-corrected chi connectivity index (χ0v) is 11.1. The monoisotopic (exact) mass is 242 g/mol. The average Bonchev–Trinajstić information content (AvgIpc) is 2.98. The molecule has 2 nitrogen and oxygen atoms in total. The molecule has 2 N–H and O–H groups in total. The molecule has 1 aliphatic rings. The molecule has 2 atom stereocenters. The van der Waals surface area contributed by atoms with Crippen molar-refractivity contribution in [1.82, 2.24) is 10.3 Å². The lowest BCUT2D eigenvalue weighted by molar-refractivity contribution is 0.392. The molecule has 1 aliphatic carbocycles. The van der Waals surface area contributed by atoms with Gasteiger partial charge >= 0.3 is 0 Å².